The number of nitrogens with one attached hydrogen (secondary N) is 1. The smallest absolute Gasteiger partial charge is 0.305 e. The van der Waals surface area contributed by atoms with Crippen LogP contribution < -0.4 is 10.1 Å². The van der Waals surface area contributed by atoms with E-state index >= 15 is 0 Å². The van der Waals surface area contributed by atoms with E-state index in [0.717, 1.165) is 4.68 Å². The number of carbonyl (C=O) groups is 2. The Morgan fingerprint density at radius 2 is 1.91 bits per heavy atom. The Kier molecular flexibility index (Phi) is 8.38. The van der Waals surface area contributed by atoms with E-state index in [1.54, 1.807) is 13.0 Å². The normalized spacial score (nSPS) is 14.3. The van der Waals surface area contributed by atoms with Crippen molar-refractivity contribution in [1.29, 1.82) is 0 Å². The second-order valence-electron chi connectivity index (χ2n) is 8.93. The number of amides is 1. The van der Waals surface area contributed by atoms with Crippen LogP contribution in [0.5, 0.6) is 5.88 Å². The van der Waals surface area contributed by atoms with Gasteiger partial charge in [-0.15, -0.1) is 0 Å². The number of carbonyl (C=O) groups excluding carboxylic acids is 1. The number of para-hydroxylation sites is 1. The molecule has 0 saturated carbocycles. The molecule has 1 aromatic heterocycles. The van der Waals surface area contributed by atoms with E-state index in [4.69, 9.17) is 9.84 Å². The maximum Gasteiger partial charge on any atom is 0.305 e. The van der Waals surface area contributed by atoms with Gasteiger partial charge in [-0.05, 0) is 37.3 Å². The second kappa shape index (κ2) is 10.6. The number of hydrogen-bond acceptors (Lipinski definition) is 5. The first-order chi connectivity index (χ1) is 14.9. The topological polar surface area (TPSA) is 114 Å². The molecule has 0 aliphatic rings. The molecule has 0 saturated heterocycles. The molecule has 0 radical (unpaired) electrons. The summed E-state index contributed by atoms with van der Waals surface area (Å²) in [7, 11) is 0. The number of carboxylic acids is 1. The Balaban J connectivity index is 2.36. The molecule has 0 bridgehead atoms. The van der Waals surface area contributed by atoms with E-state index in [1.165, 1.54) is 24.3 Å². The van der Waals surface area contributed by atoms with Crippen molar-refractivity contribution in [1.82, 2.24) is 15.1 Å². The summed E-state index contributed by atoms with van der Waals surface area (Å²) in [5.74, 6) is -2.03. The van der Waals surface area contributed by atoms with E-state index in [-0.39, 0.29) is 42.1 Å². The zero-order valence-electron chi connectivity index (χ0n) is 19.1. The minimum atomic E-state index is -1.16. The standard InChI is InChI=1S/C23H32FN3O5/c1-14(2)10-16(11-21(28)29)25-22(30)18-12-20(32-13-23(5,31)15(3)4)27(26-18)19-9-7-6-8-17(19)24/h6-9,12,14-16,31H,10-11,13H2,1-5H3,(H,25,30)(H,28,29)/t16-,23+/m0/s1. The molecule has 2 aromatic rings. The van der Waals surface area contributed by atoms with Crippen molar-refractivity contribution in [3.05, 3.63) is 41.8 Å². The number of carboxylic acid groups (broad SMARTS) is 1. The summed E-state index contributed by atoms with van der Waals surface area (Å²) in [6.45, 7) is 9.07. The van der Waals surface area contributed by atoms with Gasteiger partial charge < -0.3 is 20.3 Å². The van der Waals surface area contributed by atoms with Crippen molar-refractivity contribution in [2.75, 3.05) is 6.61 Å². The molecule has 8 nitrogen and oxygen atoms in total. The Morgan fingerprint density at radius 1 is 1.25 bits per heavy atom. The van der Waals surface area contributed by atoms with Gasteiger partial charge in [-0.1, -0.05) is 39.8 Å². The SMILES string of the molecule is CC(C)C[C@@H](CC(=O)O)NC(=O)c1cc(OC[C@@](C)(O)C(C)C)n(-c2ccccc2F)n1. The van der Waals surface area contributed by atoms with Gasteiger partial charge in [0.05, 0.1) is 12.0 Å². The predicted molar refractivity (Wildman–Crippen MR) is 117 cm³/mol. The number of hydrogen-bond donors (Lipinski definition) is 3. The summed E-state index contributed by atoms with van der Waals surface area (Å²) >= 11 is 0. The highest BCUT2D eigenvalue weighted by atomic mass is 19.1. The molecular weight excluding hydrogens is 417 g/mol. The lowest BCUT2D eigenvalue weighted by Crippen LogP contribution is -2.38. The van der Waals surface area contributed by atoms with E-state index in [1.807, 2.05) is 27.7 Å². The van der Waals surface area contributed by atoms with Gasteiger partial charge in [-0.25, -0.2) is 4.39 Å². The number of aliphatic carboxylic acids is 1. The fourth-order valence-corrected chi connectivity index (χ4v) is 2.99. The summed E-state index contributed by atoms with van der Waals surface area (Å²) in [6, 6.07) is 6.68. The van der Waals surface area contributed by atoms with E-state index < -0.39 is 29.3 Å². The van der Waals surface area contributed by atoms with E-state index in [9.17, 15) is 19.1 Å². The van der Waals surface area contributed by atoms with E-state index in [2.05, 4.69) is 10.4 Å². The average molecular weight is 450 g/mol. The van der Waals surface area contributed by atoms with Gasteiger partial charge in [0.15, 0.2) is 5.69 Å². The molecule has 0 aliphatic carbocycles. The number of aliphatic hydroxyl groups is 1. The summed E-state index contributed by atoms with van der Waals surface area (Å²) in [5.41, 5.74) is -1.13. The summed E-state index contributed by atoms with van der Waals surface area (Å²) in [5, 5.41) is 26.6. The molecule has 0 unspecified atom stereocenters. The lowest BCUT2D eigenvalue weighted by atomic mass is 9.94. The molecule has 3 N–H and O–H groups in total. The molecule has 1 aromatic carbocycles. The highest BCUT2D eigenvalue weighted by Gasteiger charge is 2.28. The largest absolute Gasteiger partial charge is 0.481 e. The van der Waals surface area contributed by atoms with Crippen LogP contribution in [0.3, 0.4) is 0 Å². The molecule has 0 fully saturated rings. The van der Waals surface area contributed by atoms with Crippen LogP contribution in [0.25, 0.3) is 5.69 Å². The van der Waals surface area contributed by atoms with Gasteiger partial charge in [-0.3, -0.25) is 9.59 Å². The first-order valence-electron chi connectivity index (χ1n) is 10.6. The van der Waals surface area contributed by atoms with Crippen molar-refractivity contribution >= 4 is 11.9 Å². The third-order valence-electron chi connectivity index (χ3n) is 5.26. The summed E-state index contributed by atoms with van der Waals surface area (Å²) in [4.78, 5) is 24.0. The Bertz CT molecular complexity index is 939. The van der Waals surface area contributed by atoms with Gasteiger partial charge in [0.1, 0.15) is 18.1 Å². The minimum absolute atomic E-state index is 0.0495. The van der Waals surface area contributed by atoms with E-state index in [0.29, 0.717) is 6.42 Å². The maximum atomic E-state index is 14.4. The van der Waals surface area contributed by atoms with Crippen LogP contribution in [-0.2, 0) is 4.79 Å². The number of rotatable bonds is 11. The lowest BCUT2D eigenvalue weighted by Gasteiger charge is -2.27. The Labute approximate surface area is 187 Å². The molecular formula is C23H32FN3O5. The third-order valence-corrected chi connectivity index (χ3v) is 5.26. The predicted octanol–water partition coefficient (Wildman–Crippen LogP) is 3.42. The number of halogens is 1. The Morgan fingerprint density at radius 3 is 2.47 bits per heavy atom. The number of nitrogens with zero attached hydrogens (tertiary/aromatic N) is 2. The van der Waals surface area contributed by atoms with Crippen LogP contribution in [0.4, 0.5) is 4.39 Å². The first-order valence-corrected chi connectivity index (χ1v) is 10.6. The van der Waals surface area contributed by atoms with Crippen LogP contribution in [0, 0.1) is 17.7 Å². The van der Waals surface area contributed by atoms with Crippen LogP contribution >= 0.6 is 0 Å². The third kappa shape index (κ3) is 6.78. The second-order valence-corrected chi connectivity index (χ2v) is 8.93. The molecule has 0 spiro atoms. The maximum absolute atomic E-state index is 14.4. The molecule has 32 heavy (non-hydrogen) atoms. The van der Waals surface area contributed by atoms with Gasteiger partial charge in [0.25, 0.3) is 5.91 Å². The molecule has 9 heteroatoms. The summed E-state index contributed by atoms with van der Waals surface area (Å²) < 4.78 is 21.3. The lowest BCUT2D eigenvalue weighted by molar-refractivity contribution is -0.137. The average Bonchev–Trinajstić information content (AvgIpc) is 3.10. The zero-order valence-corrected chi connectivity index (χ0v) is 19.1. The fraction of sp³-hybridized carbons (Fsp3) is 0.522. The molecule has 1 amide bonds. The Hall–Kier alpha value is -2.94. The highest BCUT2D eigenvalue weighted by molar-refractivity contribution is 5.93. The minimum Gasteiger partial charge on any atom is -0.481 e. The van der Waals surface area contributed by atoms with Gasteiger partial charge in [0, 0.05) is 12.1 Å². The van der Waals surface area contributed by atoms with Crippen LogP contribution in [-0.4, -0.2) is 50.1 Å². The number of aromatic nitrogens is 2. The zero-order chi connectivity index (χ0) is 24.1. The quantitative estimate of drug-likeness (QED) is 0.484. The van der Waals surface area contributed by atoms with Crippen molar-refractivity contribution < 1.29 is 28.9 Å². The monoisotopic (exact) mass is 449 g/mol. The van der Waals surface area contributed by atoms with Crippen molar-refractivity contribution in [2.45, 2.75) is 59.1 Å². The van der Waals surface area contributed by atoms with Crippen LogP contribution in [0.1, 0.15) is 57.9 Å². The molecule has 1 heterocycles. The van der Waals surface area contributed by atoms with Gasteiger partial charge >= 0.3 is 5.97 Å². The highest BCUT2D eigenvalue weighted by Crippen LogP contribution is 2.25. The first kappa shape index (κ1) is 25.3. The number of benzene rings is 1. The molecule has 176 valence electrons. The number of ether oxygens (including phenoxy) is 1. The molecule has 0 aliphatic heterocycles. The van der Waals surface area contributed by atoms with Crippen molar-refractivity contribution in [3.63, 3.8) is 0 Å². The van der Waals surface area contributed by atoms with Crippen LogP contribution in [0.15, 0.2) is 30.3 Å². The van der Waals surface area contributed by atoms with Gasteiger partial charge in [0.2, 0.25) is 5.88 Å². The van der Waals surface area contributed by atoms with Gasteiger partial charge in [-0.2, -0.15) is 9.78 Å². The van der Waals surface area contributed by atoms with Crippen molar-refractivity contribution in [3.8, 4) is 11.6 Å². The van der Waals surface area contributed by atoms with Crippen molar-refractivity contribution in [2.24, 2.45) is 11.8 Å². The molecule has 2 atom stereocenters. The van der Waals surface area contributed by atoms with Crippen LogP contribution in [0.2, 0.25) is 0 Å². The summed E-state index contributed by atoms with van der Waals surface area (Å²) in [6.07, 6.45) is 0.255. The molecule has 2 rings (SSSR count). The fourth-order valence-electron chi connectivity index (χ4n) is 2.99.